The predicted octanol–water partition coefficient (Wildman–Crippen LogP) is 3.55. The minimum atomic E-state index is -0.324. The summed E-state index contributed by atoms with van der Waals surface area (Å²) in [6.07, 6.45) is 0. The van der Waals surface area contributed by atoms with Gasteiger partial charge in [-0.2, -0.15) is 0 Å². The first-order valence-corrected chi connectivity index (χ1v) is 10.2. The third kappa shape index (κ3) is 3.07. The Morgan fingerprint density at radius 3 is 2.32 bits per heavy atom. The third-order valence-electron chi connectivity index (χ3n) is 6.47. The number of hydrogen-bond acceptors (Lipinski definition) is 4. The molecule has 2 fully saturated rings. The number of hydrazine groups is 1. The van der Waals surface area contributed by atoms with Gasteiger partial charge in [-0.3, -0.25) is 0 Å². The highest BCUT2D eigenvalue weighted by atomic mass is 16.5. The van der Waals surface area contributed by atoms with Gasteiger partial charge in [-0.05, 0) is 41.5 Å². The number of rotatable bonds is 2. The SMILES string of the molecule is COc1ccc(N2NC(C(C)(C)C)(C(C)(C)C)C3CNCCN3C2=O)cc1C. The molecule has 0 radical (unpaired) electrons. The van der Waals surface area contributed by atoms with Gasteiger partial charge in [-0.25, -0.2) is 15.2 Å². The van der Waals surface area contributed by atoms with Crippen LogP contribution in [0.5, 0.6) is 5.75 Å². The maximum absolute atomic E-state index is 13.5. The summed E-state index contributed by atoms with van der Waals surface area (Å²) in [6, 6.07) is 5.99. The molecule has 2 aliphatic rings. The number of piperazine rings is 1. The Hall–Kier alpha value is -1.79. The average molecular weight is 389 g/mol. The highest BCUT2D eigenvalue weighted by Crippen LogP contribution is 2.50. The number of amides is 2. The number of methoxy groups -OCH3 is 1. The van der Waals surface area contributed by atoms with E-state index < -0.39 is 0 Å². The van der Waals surface area contributed by atoms with Gasteiger partial charge in [0.25, 0.3) is 0 Å². The second kappa shape index (κ2) is 6.92. The van der Waals surface area contributed by atoms with Crippen molar-refractivity contribution in [2.75, 3.05) is 31.8 Å². The van der Waals surface area contributed by atoms with E-state index in [2.05, 4.69) is 57.2 Å². The number of carbonyl (C=O) groups is 1. The fourth-order valence-electron chi connectivity index (χ4n) is 5.38. The van der Waals surface area contributed by atoms with Crippen molar-refractivity contribution < 1.29 is 9.53 Å². The lowest BCUT2D eigenvalue weighted by Gasteiger charge is -2.65. The van der Waals surface area contributed by atoms with Crippen molar-refractivity contribution in [1.82, 2.24) is 15.6 Å². The molecule has 1 atom stereocenters. The van der Waals surface area contributed by atoms with Crippen LogP contribution in [0.2, 0.25) is 0 Å². The van der Waals surface area contributed by atoms with Crippen LogP contribution < -0.4 is 20.5 Å². The Morgan fingerprint density at radius 1 is 1.14 bits per heavy atom. The highest BCUT2D eigenvalue weighted by Gasteiger charge is 2.62. The molecule has 2 aliphatic heterocycles. The molecule has 0 spiro atoms. The zero-order valence-electron chi connectivity index (χ0n) is 18.6. The van der Waals surface area contributed by atoms with E-state index in [1.165, 1.54) is 0 Å². The second-order valence-corrected chi connectivity index (χ2v) is 10.1. The Balaban J connectivity index is 2.15. The first kappa shape index (κ1) is 20.9. The summed E-state index contributed by atoms with van der Waals surface area (Å²) in [5.41, 5.74) is 5.09. The Kier molecular flexibility index (Phi) is 5.17. The number of fused-ring (bicyclic) bond motifs is 1. The molecule has 6 nitrogen and oxygen atoms in total. The van der Waals surface area contributed by atoms with Gasteiger partial charge < -0.3 is 15.0 Å². The average Bonchev–Trinajstić information content (AvgIpc) is 2.60. The van der Waals surface area contributed by atoms with Crippen LogP contribution in [0.3, 0.4) is 0 Å². The van der Waals surface area contributed by atoms with Gasteiger partial charge in [0.05, 0.1) is 24.4 Å². The van der Waals surface area contributed by atoms with Gasteiger partial charge in [0.2, 0.25) is 0 Å². The molecule has 6 heteroatoms. The van der Waals surface area contributed by atoms with Crippen LogP contribution in [0.15, 0.2) is 18.2 Å². The summed E-state index contributed by atoms with van der Waals surface area (Å²) >= 11 is 0. The van der Waals surface area contributed by atoms with Crippen molar-refractivity contribution in [3.05, 3.63) is 23.8 Å². The maximum atomic E-state index is 13.5. The molecule has 2 saturated heterocycles. The first-order chi connectivity index (χ1) is 12.9. The van der Waals surface area contributed by atoms with Crippen LogP contribution in [-0.4, -0.2) is 49.3 Å². The molecule has 1 unspecified atom stereocenters. The van der Waals surface area contributed by atoms with Gasteiger partial charge in [0, 0.05) is 19.6 Å². The predicted molar refractivity (Wildman–Crippen MR) is 114 cm³/mol. The number of benzene rings is 1. The molecule has 0 saturated carbocycles. The third-order valence-corrected chi connectivity index (χ3v) is 6.47. The zero-order chi connectivity index (χ0) is 20.9. The topological polar surface area (TPSA) is 56.8 Å². The molecule has 1 aromatic carbocycles. The van der Waals surface area contributed by atoms with Crippen molar-refractivity contribution in [3.8, 4) is 5.75 Å². The number of urea groups is 1. The van der Waals surface area contributed by atoms with Gasteiger partial charge in [0.1, 0.15) is 5.75 Å². The molecular weight excluding hydrogens is 352 g/mol. The van der Waals surface area contributed by atoms with Crippen LogP contribution in [0.4, 0.5) is 10.5 Å². The van der Waals surface area contributed by atoms with E-state index in [0.29, 0.717) is 6.54 Å². The Morgan fingerprint density at radius 2 is 1.79 bits per heavy atom. The van der Waals surface area contributed by atoms with E-state index in [-0.39, 0.29) is 28.4 Å². The normalized spacial score (nSPS) is 22.9. The molecular formula is C22H36N4O2. The van der Waals surface area contributed by atoms with Gasteiger partial charge >= 0.3 is 6.03 Å². The van der Waals surface area contributed by atoms with E-state index in [9.17, 15) is 4.79 Å². The molecule has 1 aromatic rings. The number of nitrogens with one attached hydrogen (secondary N) is 2. The number of nitrogens with zero attached hydrogens (tertiary/aromatic N) is 2. The number of ether oxygens (including phenoxy) is 1. The van der Waals surface area contributed by atoms with Gasteiger partial charge in [-0.15, -0.1) is 0 Å². The first-order valence-electron chi connectivity index (χ1n) is 10.2. The largest absolute Gasteiger partial charge is 0.496 e. The summed E-state index contributed by atoms with van der Waals surface area (Å²) in [5.74, 6) is 0.825. The molecule has 0 bridgehead atoms. The molecule has 3 rings (SSSR count). The molecule has 156 valence electrons. The van der Waals surface area contributed by atoms with Crippen molar-refractivity contribution >= 4 is 11.7 Å². The van der Waals surface area contributed by atoms with Crippen LogP contribution in [0.25, 0.3) is 0 Å². The van der Waals surface area contributed by atoms with E-state index in [0.717, 1.165) is 30.1 Å². The van der Waals surface area contributed by atoms with E-state index >= 15 is 0 Å². The summed E-state index contributed by atoms with van der Waals surface area (Å²) in [7, 11) is 1.67. The quantitative estimate of drug-likeness (QED) is 0.813. The lowest BCUT2D eigenvalue weighted by Crippen LogP contribution is -2.84. The smallest absolute Gasteiger partial charge is 0.339 e. The van der Waals surface area contributed by atoms with Gasteiger partial charge in [0.15, 0.2) is 0 Å². The molecule has 0 aromatic heterocycles. The van der Waals surface area contributed by atoms with E-state index in [1.54, 1.807) is 12.1 Å². The van der Waals surface area contributed by atoms with Crippen molar-refractivity contribution in [3.63, 3.8) is 0 Å². The molecule has 2 amide bonds. The fourth-order valence-corrected chi connectivity index (χ4v) is 5.38. The number of aryl methyl sites for hydroxylation is 1. The number of carbonyl (C=O) groups excluding carboxylic acids is 1. The highest BCUT2D eigenvalue weighted by molar-refractivity contribution is 5.93. The molecule has 0 aliphatic carbocycles. The monoisotopic (exact) mass is 388 g/mol. The molecule has 2 N–H and O–H groups in total. The second-order valence-electron chi connectivity index (χ2n) is 10.1. The summed E-state index contributed by atoms with van der Waals surface area (Å²) in [5, 5.41) is 5.27. The lowest BCUT2D eigenvalue weighted by molar-refractivity contribution is -0.0668. The minimum absolute atomic E-state index is 0.0141. The number of anilines is 1. The fraction of sp³-hybridized carbons (Fsp3) is 0.682. The molecule has 2 heterocycles. The number of hydrogen-bond donors (Lipinski definition) is 2. The van der Waals surface area contributed by atoms with E-state index in [4.69, 9.17) is 4.74 Å². The summed E-state index contributed by atoms with van der Waals surface area (Å²) in [6.45, 7) is 17.9. The minimum Gasteiger partial charge on any atom is -0.496 e. The Bertz CT molecular complexity index is 734. The Labute approximate surface area is 169 Å². The molecule has 28 heavy (non-hydrogen) atoms. The van der Waals surface area contributed by atoms with Crippen LogP contribution in [0.1, 0.15) is 47.1 Å². The summed E-state index contributed by atoms with van der Waals surface area (Å²) < 4.78 is 5.41. The lowest BCUT2D eigenvalue weighted by atomic mass is 9.56. The van der Waals surface area contributed by atoms with Gasteiger partial charge in [-0.1, -0.05) is 41.5 Å². The van der Waals surface area contributed by atoms with E-state index in [1.807, 2.05) is 25.1 Å². The zero-order valence-corrected chi connectivity index (χ0v) is 18.6. The van der Waals surface area contributed by atoms with Crippen molar-refractivity contribution in [2.45, 2.75) is 60.0 Å². The van der Waals surface area contributed by atoms with Crippen LogP contribution >= 0.6 is 0 Å². The van der Waals surface area contributed by atoms with Crippen molar-refractivity contribution in [2.24, 2.45) is 10.8 Å². The van der Waals surface area contributed by atoms with Crippen LogP contribution in [-0.2, 0) is 0 Å². The van der Waals surface area contributed by atoms with Crippen LogP contribution in [0, 0.1) is 17.8 Å². The van der Waals surface area contributed by atoms with Crippen molar-refractivity contribution in [1.29, 1.82) is 0 Å². The maximum Gasteiger partial charge on any atom is 0.339 e. The summed E-state index contributed by atoms with van der Waals surface area (Å²) in [4.78, 5) is 15.6. The standard InChI is InChI=1S/C22H36N4O2/c1-15-13-16(9-10-17(15)28-8)26-19(27)25-12-11-23-14-18(25)22(24-26,20(2,3)4)21(5,6)7/h9-10,13,18,23-24H,11-12,14H2,1-8H3.